The number of hydrogen-bond acceptors (Lipinski definition) is 3. The summed E-state index contributed by atoms with van der Waals surface area (Å²) in [6.07, 6.45) is 0.348. The van der Waals surface area contributed by atoms with E-state index < -0.39 is 5.54 Å². The molecule has 0 saturated carbocycles. The second kappa shape index (κ2) is 8.33. The number of para-hydroxylation sites is 2. The summed E-state index contributed by atoms with van der Waals surface area (Å²) in [5.74, 6) is -0.141. The number of benzene rings is 4. The van der Waals surface area contributed by atoms with Gasteiger partial charge in [-0.15, -0.1) is 0 Å². The number of hydroxylamine groups is 1. The third-order valence-corrected chi connectivity index (χ3v) is 6.09. The Morgan fingerprint density at radius 1 is 0.688 bits per heavy atom. The highest BCUT2D eigenvalue weighted by Gasteiger charge is 2.55. The van der Waals surface area contributed by atoms with Crippen LogP contribution in [0.1, 0.15) is 16.7 Å². The summed E-state index contributed by atoms with van der Waals surface area (Å²) in [6.45, 7) is 0.440. The fourth-order valence-electron chi connectivity index (χ4n) is 4.56. The average molecular weight is 421 g/mol. The van der Waals surface area contributed by atoms with Crippen LogP contribution in [0.25, 0.3) is 0 Å². The summed E-state index contributed by atoms with van der Waals surface area (Å²) in [4.78, 5) is 16.0. The van der Waals surface area contributed by atoms with Crippen LogP contribution in [-0.2, 0) is 23.3 Å². The van der Waals surface area contributed by atoms with Gasteiger partial charge in [0.2, 0.25) is 0 Å². The lowest BCUT2D eigenvalue weighted by atomic mass is 9.84. The van der Waals surface area contributed by atoms with Gasteiger partial charge in [0.1, 0.15) is 0 Å². The Balaban J connectivity index is 1.67. The van der Waals surface area contributed by atoms with E-state index in [1.807, 2.05) is 115 Å². The summed E-state index contributed by atoms with van der Waals surface area (Å²) < 4.78 is 0. The van der Waals surface area contributed by atoms with Crippen molar-refractivity contribution in [1.82, 2.24) is 0 Å². The highest BCUT2D eigenvalue weighted by atomic mass is 16.5. The number of anilines is 2. The van der Waals surface area contributed by atoms with E-state index in [1.54, 1.807) is 4.90 Å². The number of carbonyl (C=O) groups excluding carboxylic acids is 1. The zero-order chi connectivity index (χ0) is 22.0. The molecule has 1 atom stereocenters. The predicted molar refractivity (Wildman–Crippen MR) is 127 cm³/mol. The zero-order valence-corrected chi connectivity index (χ0v) is 17.6. The minimum Gasteiger partial charge on any atom is -0.305 e. The molecule has 4 aromatic rings. The molecule has 0 spiro atoms. The maximum Gasteiger partial charge on any atom is 0.260 e. The van der Waals surface area contributed by atoms with Gasteiger partial charge in [0.15, 0.2) is 5.54 Å². The van der Waals surface area contributed by atoms with Crippen molar-refractivity contribution >= 4 is 17.3 Å². The Morgan fingerprint density at radius 2 is 1.22 bits per heavy atom. The van der Waals surface area contributed by atoms with Crippen molar-refractivity contribution in [3.63, 3.8) is 0 Å². The van der Waals surface area contributed by atoms with Crippen molar-refractivity contribution in [2.24, 2.45) is 0 Å². The van der Waals surface area contributed by atoms with Gasteiger partial charge in [0, 0.05) is 12.0 Å². The summed E-state index contributed by atoms with van der Waals surface area (Å²) in [5, 5.41) is 12.8. The Bertz CT molecular complexity index is 1210. The van der Waals surface area contributed by atoms with E-state index >= 15 is 0 Å². The number of hydrogen-bond donors (Lipinski definition) is 1. The predicted octanol–water partition coefficient (Wildman–Crippen LogP) is 5.57. The second-order valence-electron chi connectivity index (χ2n) is 8.06. The standard InChI is InChI=1S/C28H24N2O2/c31-27-28(20-22-12-4-1-5-13-22,30(32)24-16-8-3-9-17-24)25-18-10-11-19-26(25)29(27)21-23-14-6-2-7-15-23/h1-19,32H,20-21H2/t28-/m1/s1. The van der Waals surface area contributed by atoms with Gasteiger partial charge >= 0.3 is 0 Å². The Labute approximate surface area is 187 Å². The van der Waals surface area contributed by atoms with Crippen LogP contribution in [0.3, 0.4) is 0 Å². The lowest BCUT2D eigenvalue weighted by Crippen LogP contribution is -2.53. The Kier molecular flexibility index (Phi) is 5.21. The monoisotopic (exact) mass is 420 g/mol. The first kappa shape index (κ1) is 20.0. The molecule has 5 rings (SSSR count). The average Bonchev–Trinajstić information content (AvgIpc) is 3.09. The van der Waals surface area contributed by atoms with Crippen molar-refractivity contribution < 1.29 is 10.0 Å². The van der Waals surface area contributed by atoms with Crippen LogP contribution in [0.5, 0.6) is 0 Å². The van der Waals surface area contributed by atoms with Gasteiger partial charge in [-0.25, -0.2) is 5.06 Å². The highest BCUT2D eigenvalue weighted by Crippen LogP contribution is 2.47. The van der Waals surface area contributed by atoms with Gasteiger partial charge < -0.3 is 4.90 Å². The molecule has 0 bridgehead atoms. The van der Waals surface area contributed by atoms with Gasteiger partial charge in [-0.1, -0.05) is 97.1 Å². The molecule has 0 aliphatic carbocycles. The van der Waals surface area contributed by atoms with E-state index in [2.05, 4.69) is 0 Å². The summed E-state index contributed by atoms with van der Waals surface area (Å²) >= 11 is 0. The maximum absolute atomic E-state index is 14.2. The topological polar surface area (TPSA) is 43.8 Å². The molecule has 0 fully saturated rings. The van der Waals surface area contributed by atoms with Crippen molar-refractivity contribution in [2.45, 2.75) is 18.5 Å². The molecule has 0 saturated heterocycles. The van der Waals surface area contributed by atoms with Gasteiger partial charge in [-0.2, -0.15) is 0 Å². The van der Waals surface area contributed by atoms with Gasteiger partial charge in [-0.05, 0) is 29.3 Å². The Morgan fingerprint density at radius 3 is 1.88 bits per heavy atom. The van der Waals surface area contributed by atoms with E-state index in [9.17, 15) is 10.0 Å². The van der Waals surface area contributed by atoms with Crippen LogP contribution in [0.4, 0.5) is 11.4 Å². The van der Waals surface area contributed by atoms with Crippen LogP contribution in [0.15, 0.2) is 115 Å². The van der Waals surface area contributed by atoms with E-state index in [0.29, 0.717) is 18.7 Å². The SMILES string of the molecule is O=C1N(Cc2ccccc2)c2ccccc2[C@@]1(Cc1ccccc1)N(O)c1ccccc1. The van der Waals surface area contributed by atoms with Gasteiger partial charge in [-0.3, -0.25) is 10.0 Å². The molecule has 1 heterocycles. The van der Waals surface area contributed by atoms with Crippen molar-refractivity contribution in [1.29, 1.82) is 0 Å². The minimum absolute atomic E-state index is 0.141. The maximum atomic E-state index is 14.2. The van der Waals surface area contributed by atoms with Crippen LogP contribution in [0, 0.1) is 0 Å². The minimum atomic E-state index is -1.27. The Hall–Kier alpha value is -3.89. The van der Waals surface area contributed by atoms with Crippen molar-refractivity contribution in [2.75, 3.05) is 9.96 Å². The molecule has 0 radical (unpaired) electrons. The summed E-state index contributed by atoms with van der Waals surface area (Å²) in [5.41, 5.74) is 2.95. The molecule has 32 heavy (non-hydrogen) atoms. The summed E-state index contributed by atoms with van der Waals surface area (Å²) in [6, 6.07) is 36.8. The normalized spacial score (nSPS) is 17.3. The lowest BCUT2D eigenvalue weighted by Gasteiger charge is -2.37. The fraction of sp³-hybridized carbons (Fsp3) is 0.107. The molecular weight excluding hydrogens is 396 g/mol. The van der Waals surface area contributed by atoms with Crippen LogP contribution in [0.2, 0.25) is 0 Å². The van der Waals surface area contributed by atoms with Crippen molar-refractivity contribution in [3.05, 3.63) is 132 Å². The molecule has 1 aliphatic rings. The van der Waals surface area contributed by atoms with Gasteiger partial charge in [0.25, 0.3) is 5.91 Å². The van der Waals surface area contributed by atoms with Crippen LogP contribution >= 0.6 is 0 Å². The quantitative estimate of drug-likeness (QED) is 0.415. The van der Waals surface area contributed by atoms with Crippen LogP contribution < -0.4 is 9.96 Å². The lowest BCUT2D eigenvalue weighted by molar-refractivity contribution is -0.125. The van der Waals surface area contributed by atoms with Crippen molar-refractivity contribution in [3.8, 4) is 0 Å². The van der Waals surface area contributed by atoms with E-state index in [4.69, 9.17) is 0 Å². The largest absolute Gasteiger partial charge is 0.305 e. The number of amides is 1. The first-order valence-electron chi connectivity index (χ1n) is 10.7. The zero-order valence-electron chi connectivity index (χ0n) is 17.6. The summed E-state index contributed by atoms with van der Waals surface area (Å²) in [7, 11) is 0. The van der Waals surface area contributed by atoms with E-state index in [0.717, 1.165) is 27.4 Å². The smallest absolute Gasteiger partial charge is 0.260 e. The molecule has 0 unspecified atom stereocenters. The highest BCUT2D eigenvalue weighted by molar-refractivity contribution is 6.09. The number of nitrogens with zero attached hydrogens (tertiary/aromatic N) is 2. The van der Waals surface area contributed by atoms with E-state index in [-0.39, 0.29) is 5.91 Å². The van der Waals surface area contributed by atoms with Crippen LogP contribution in [-0.4, -0.2) is 11.1 Å². The van der Waals surface area contributed by atoms with E-state index in [1.165, 1.54) is 0 Å². The molecule has 0 aromatic heterocycles. The number of carbonyl (C=O) groups is 1. The molecule has 1 amide bonds. The molecule has 4 heteroatoms. The molecular formula is C28H24N2O2. The third-order valence-electron chi connectivity index (χ3n) is 6.09. The third kappa shape index (κ3) is 3.35. The first-order chi connectivity index (χ1) is 15.7. The first-order valence-corrected chi connectivity index (χ1v) is 10.7. The molecule has 4 nitrogen and oxygen atoms in total. The molecule has 158 valence electrons. The van der Waals surface area contributed by atoms with Gasteiger partial charge in [0.05, 0.1) is 17.9 Å². The fourth-order valence-corrected chi connectivity index (χ4v) is 4.56. The number of rotatable bonds is 6. The second-order valence-corrected chi connectivity index (χ2v) is 8.06. The molecule has 1 N–H and O–H groups in total. The molecule has 4 aromatic carbocycles. The number of fused-ring (bicyclic) bond motifs is 1. The molecule has 1 aliphatic heterocycles.